The van der Waals surface area contributed by atoms with Gasteiger partial charge in [0.05, 0.1) is 5.56 Å². The number of allylic oxidation sites excluding steroid dienone is 3. The molecule has 0 atom stereocenters. The van der Waals surface area contributed by atoms with Crippen LogP contribution in [0, 0.1) is 12.3 Å². The van der Waals surface area contributed by atoms with Gasteiger partial charge in [0.2, 0.25) is 0 Å². The Hall–Kier alpha value is -3.83. The van der Waals surface area contributed by atoms with Crippen molar-refractivity contribution >= 4 is 311 Å². The van der Waals surface area contributed by atoms with Crippen LogP contribution in [0.25, 0.3) is 54.9 Å². The maximum Gasteiger partial charge on any atom is 0.143 e. The molecule has 1 heterocycles. The molecule has 0 aliphatic rings. The van der Waals surface area contributed by atoms with Gasteiger partial charge in [-0.3, -0.25) is 0 Å². The fourth-order valence-corrected chi connectivity index (χ4v) is 11.0. The van der Waals surface area contributed by atoms with Crippen molar-refractivity contribution in [2.45, 2.75) is 6.42 Å². The van der Waals surface area contributed by atoms with Crippen molar-refractivity contribution in [3.8, 4) is 34.6 Å². The average molecular weight is 785 g/mol. The first-order valence-electron chi connectivity index (χ1n) is 23.0. The quantitative estimate of drug-likeness (QED) is 0.0893. The van der Waals surface area contributed by atoms with E-state index in [0.717, 1.165) is 45.1 Å². The van der Waals surface area contributed by atoms with Crippen molar-refractivity contribution in [3.63, 3.8) is 0 Å². The third-order valence-electron chi connectivity index (χ3n) is 16.9. The van der Waals surface area contributed by atoms with Gasteiger partial charge in [-0.05, 0) is 50.6 Å². The third-order valence-corrected chi connectivity index (χ3v) is 16.9. The summed E-state index contributed by atoms with van der Waals surface area (Å²) in [7, 11) is 52.5. The lowest BCUT2D eigenvalue weighted by atomic mass is 9.56. The van der Waals surface area contributed by atoms with E-state index < -0.39 is 0 Å². The molecule has 0 amide bonds. The topological polar surface area (TPSA) is 13.1 Å². The molecule has 0 radical (unpaired) electrons. The zero-order valence-corrected chi connectivity index (χ0v) is 43.4. The molecule has 0 bridgehead atoms. The molecule has 1 aromatic heterocycles. The minimum atomic E-state index is 0.761. The number of terminal acetylenes is 1. The lowest BCUT2D eigenvalue weighted by molar-refractivity contribution is 0.603. The number of furan rings is 1. The molecule has 24 heteroatoms. The first kappa shape index (κ1) is 48.6. The SMILES string of the molecule is BC(=C)/C(B)=C(/B)c1c(B)c(C/C(B)=C(/B)c2oc3c(B)c(B)c(-c4c(B)c(B)c(B)c(B)c4B)c(B)c3c2C#C)c2c(B)c(B)c(B)c(B)c2c1-c1c(B)c(B)c(B)c(B)c1B. The standard InChI is InChI=1S/C39H51B23O/c1-3-6-10-20(45)15(16-26(51)33(58)36(61)34(59)27(16)52)28(53)37(62)39(10)63-38(6)19(44)8(41)4-7-9-12(22(47)30(55)29(54)21(9)46)11(13(18(7)43)23(48)17(42)5(2)40)14-24(49)31(56)35(60)32(57)25(14)50/h1H,2,4,40-62H2/b19-8-,23-17-. The Balaban J connectivity index is 1.75. The second-order valence-corrected chi connectivity index (χ2v) is 19.6. The number of hydrogen-bond donors (Lipinski definition) is 0. The predicted molar refractivity (Wildman–Crippen MR) is 356 cm³/mol. The summed E-state index contributed by atoms with van der Waals surface area (Å²) in [4.78, 5) is 0. The Kier molecular flexibility index (Phi) is 13.5. The highest BCUT2D eigenvalue weighted by molar-refractivity contribution is 6.73. The molecule has 0 fully saturated rings. The third kappa shape index (κ3) is 7.34. The van der Waals surface area contributed by atoms with Crippen LogP contribution >= 0.6 is 0 Å². The van der Waals surface area contributed by atoms with Gasteiger partial charge in [-0.2, -0.15) is 0 Å². The van der Waals surface area contributed by atoms with E-state index in [-0.39, 0.29) is 0 Å². The minimum Gasteiger partial charge on any atom is -0.457 e. The normalized spacial score (nSPS) is 12.3. The molecule has 63 heavy (non-hydrogen) atoms. The highest BCUT2D eigenvalue weighted by atomic mass is 16.3. The van der Waals surface area contributed by atoms with E-state index in [4.69, 9.17) is 10.8 Å². The average Bonchev–Trinajstić information content (AvgIpc) is 3.65. The second kappa shape index (κ2) is 17.5. The van der Waals surface area contributed by atoms with Gasteiger partial charge >= 0.3 is 0 Å². The van der Waals surface area contributed by atoms with Gasteiger partial charge in [-0.25, -0.2) is 0 Å². The van der Waals surface area contributed by atoms with Crippen molar-refractivity contribution in [2.24, 2.45) is 0 Å². The minimum absolute atomic E-state index is 0.761. The van der Waals surface area contributed by atoms with E-state index in [1.807, 2.05) is 0 Å². The van der Waals surface area contributed by atoms with Crippen LogP contribution in [0.5, 0.6) is 0 Å². The second-order valence-electron chi connectivity index (χ2n) is 19.6. The molecule has 0 aliphatic carbocycles. The summed E-state index contributed by atoms with van der Waals surface area (Å²) < 4.78 is 7.05. The van der Waals surface area contributed by atoms with Crippen LogP contribution in [0.15, 0.2) is 27.4 Å². The summed E-state index contributed by atoms with van der Waals surface area (Å²) in [6.45, 7) is 4.46. The van der Waals surface area contributed by atoms with E-state index in [9.17, 15) is 0 Å². The van der Waals surface area contributed by atoms with E-state index >= 15 is 0 Å². The molecule has 0 saturated heterocycles. The van der Waals surface area contributed by atoms with Gasteiger partial charge in [0.15, 0.2) is 0 Å². The lowest BCUT2D eigenvalue weighted by Crippen LogP contribution is -2.56. The largest absolute Gasteiger partial charge is 0.457 e. The monoisotopic (exact) mass is 789 g/mol. The summed E-state index contributed by atoms with van der Waals surface area (Å²) in [5.41, 5.74) is 39.7. The van der Waals surface area contributed by atoms with Gasteiger partial charge in [-0.1, -0.05) is 71.5 Å². The number of hydrogen-bond acceptors (Lipinski definition) is 1. The Labute approximate surface area is 399 Å². The number of rotatable bonds is 7. The summed E-state index contributed by atoms with van der Waals surface area (Å²) in [6.07, 6.45) is 7.34. The number of benzene rings is 5. The van der Waals surface area contributed by atoms with Crippen LogP contribution in [0.2, 0.25) is 0 Å². The molecule has 6 aromatic rings. The molecule has 5 aromatic carbocycles. The van der Waals surface area contributed by atoms with Crippen LogP contribution in [0.1, 0.15) is 22.5 Å². The van der Waals surface area contributed by atoms with Crippen LogP contribution < -0.4 is 98.3 Å². The highest BCUT2D eigenvalue weighted by Gasteiger charge is 2.29. The maximum absolute atomic E-state index is 7.05. The van der Waals surface area contributed by atoms with Crippen molar-refractivity contribution in [1.29, 1.82) is 0 Å². The van der Waals surface area contributed by atoms with Crippen molar-refractivity contribution in [1.82, 2.24) is 0 Å². The Morgan fingerprint density at radius 2 is 0.810 bits per heavy atom. The summed E-state index contributed by atoms with van der Waals surface area (Å²) in [5, 5.41) is 3.80. The molecular formula is C39H51B23O. The Bertz CT molecular complexity index is 3140. The van der Waals surface area contributed by atoms with E-state index in [2.05, 4.69) is 193 Å². The molecule has 0 aliphatic heterocycles. The summed E-state index contributed by atoms with van der Waals surface area (Å²) >= 11 is 0. The smallest absolute Gasteiger partial charge is 0.143 e. The first-order chi connectivity index (χ1) is 29.3. The van der Waals surface area contributed by atoms with Gasteiger partial charge in [0.25, 0.3) is 0 Å². The Morgan fingerprint density at radius 3 is 1.25 bits per heavy atom. The van der Waals surface area contributed by atoms with Gasteiger partial charge < -0.3 is 4.42 Å². The molecule has 0 saturated carbocycles. The fraction of sp³-hybridized carbons (Fsp3) is 0.0256. The molecular weight excluding hydrogens is 733 g/mol. The van der Waals surface area contributed by atoms with Crippen LogP contribution in [0.3, 0.4) is 0 Å². The predicted octanol–water partition coefficient (Wildman–Crippen LogP) is -26.2. The molecule has 282 valence electrons. The summed E-state index contributed by atoms with van der Waals surface area (Å²) in [5.74, 6) is 3.98. The maximum atomic E-state index is 7.05. The first-order valence-corrected chi connectivity index (χ1v) is 23.0. The molecule has 6 rings (SSSR count). The highest BCUT2D eigenvalue weighted by Crippen LogP contribution is 2.36. The number of fused-ring (bicyclic) bond motifs is 2. The van der Waals surface area contributed by atoms with E-state index in [1.165, 1.54) is 153 Å². The summed E-state index contributed by atoms with van der Waals surface area (Å²) in [6, 6.07) is 0. The fourth-order valence-electron chi connectivity index (χ4n) is 11.0. The van der Waals surface area contributed by atoms with E-state index in [1.54, 1.807) is 0 Å². The molecule has 0 spiro atoms. The van der Waals surface area contributed by atoms with Gasteiger partial charge in [0.1, 0.15) is 192 Å². The zero-order valence-electron chi connectivity index (χ0n) is 43.4. The van der Waals surface area contributed by atoms with Crippen molar-refractivity contribution in [3.05, 3.63) is 45.4 Å². The lowest BCUT2D eigenvalue weighted by Gasteiger charge is -2.31. The van der Waals surface area contributed by atoms with Crippen molar-refractivity contribution in [2.75, 3.05) is 0 Å². The van der Waals surface area contributed by atoms with Crippen LogP contribution in [-0.4, -0.2) is 180 Å². The van der Waals surface area contributed by atoms with Crippen LogP contribution in [0.4, 0.5) is 0 Å². The van der Waals surface area contributed by atoms with Crippen molar-refractivity contribution < 1.29 is 4.42 Å². The Morgan fingerprint density at radius 1 is 0.429 bits per heavy atom. The van der Waals surface area contributed by atoms with Crippen LogP contribution in [-0.2, 0) is 6.42 Å². The zero-order chi connectivity index (χ0) is 47.3. The molecule has 1 nitrogen and oxygen atoms in total. The molecule has 0 unspecified atom stereocenters. The van der Waals surface area contributed by atoms with Gasteiger partial charge in [-0.15, -0.1) is 73.1 Å². The molecule has 0 N–H and O–H groups in total. The van der Waals surface area contributed by atoms with E-state index in [0.29, 0.717) is 0 Å². The van der Waals surface area contributed by atoms with Gasteiger partial charge in [0, 0.05) is 5.39 Å².